The van der Waals surface area contributed by atoms with Gasteiger partial charge in [-0.15, -0.1) is 11.8 Å². The third-order valence-corrected chi connectivity index (χ3v) is 5.17. The Labute approximate surface area is 147 Å². The quantitative estimate of drug-likeness (QED) is 0.868. The highest BCUT2D eigenvalue weighted by Gasteiger charge is 2.15. The Kier molecular flexibility index (Phi) is 5.99. The molecule has 7 heteroatoms. The lowest BCUT2D eigenvalue weighted by Crippen LogP contribution is -2.20. The lowest BCUT2D eigenvalue weighted by molar-refractivity contribution is -0.113. The van der Waals surface area contributed by atoms with E-state index in [0.717, 1.165) is 17.1 Å². The lowest BCUT2D eigenvalue weighted by Gasteiger charge is -2.14. The summed E-state index contributed by atoms with van der Waals surface area (Å²) in [4.78, 5) is 21.1. The molecule has 0 saturated carbocycles. The summed E-state index contributed by atoms with van der Waals surface area (Å²) in [5, 5.41) is 7.77. The van der Waals surface area contributed by atoms with E-state index in [4.69, 9.17) is 0 Å². The van der Waals surface area contributed by atoms with Crippen LogP contribution in [0.4, 0.5) is 5.82 Å². The number of nitrogens with one attached hydrogen (secondary N) is 1. The first-order chi connectivity index (χ1) is 11.3. The van der Waals surface area contributed by atoms with Gasteiger partial charge in [-0.3, -0.25) is 4.79 Å². The second kappa shape index (κ2) is 7.79. The van der Waals surface area contributed by atoms with Crippen molar-refractivity contribution in [1.82, 2.24) is 19.7 Å². The molecule has 0 radical (unpaired) electrons. The molecule has 2 aromatic rings. The Morgan fingerprint density at radius 3 is 2.33 bits per heavy atom. The number of aromatic nitrogens is 4. The first-order valence-corrected chi connectivity index (χ1v) is 9.12. The van der Waals surface area contributed by atoms with Crippen LogP contribution < -0.4 is 5.32 Å². The number of aryl methyl sites for hydroxylation is 3. The van der Waals surface area contributed by atoms with Crippen molar-refractivity contribution in [3.05, 3.63) is 29.2 Å². The van der Waals surface area contributed by atoms with Crippen LogP contribution in [0.5, 0.6) is 0 Å². The van der Waals surface area contributed by atoms with Crippen molar-refractivity contribution < 1.29 is 4.79 Å². The summed E-state index contributed by atoms with van der Waals surface area (Å²) in [5.41, 5.74) is 2.53. The summed E-state index contributed by atoms with van der Waals surface area (Å²) in [7, 11) is 0. The van der Waals surface area contributed by atoms with E-state index in [-0.39, 0.29) is 5.91 Å². The molecule has 0 aliphatic heterocycles. The van der Waals surface area contributed by atoms with Crippen LogP contribution in [-0.4, -0.2) is 36.7 Å². The minimum Gasteiger partial charge on any atom is -0.310 e. The van der Waals surface area contributed by atoms with Crippen LogP contribution in [0.2, 0.25) is 0 Å². The molecule has 0 saturated heterocycles. The molecular formula is C17H25N5OS. The van der Waals surface area contributed by atoms with E-state index >= 15 is 0 Å². The summed E-state index contributed by atoms with van der Waals surface area (Å²) >= 11 is 1.65. The monoisotopic (exact) mass is 347 g/mol. The molecule has 0 aliphatic rings. The van der Waals surface area contributed by atoms with Gasteiger partial charge in [-0.2, -0.15) is 9.78 Å². The third-order valence-electron chi connectivity index (χ3n) is 3.68. The van der Waals surface area contributed by atoms with Crippen LogP contribution in [0, 0.1) is 26.7 Å². The van der Waals surface area contributed by atoms with E-state index in [1.165, 1.54) is 0 Å². The van der Waals surface area contributed by atoms with E-state index in [0.29, 0.717) is 28.7 Å². The summed E-state index contributed by atoms with van der Waals surface area (Å²) in [6, 6.07) is 3.73. The molecule has 1 amide bonds. The van der Waals surface area contributed by atoms with Crippen LogP contribution in [0.15, 0.2) is 12.1 Å². The molecule has 0 unspecified atom stereocenters. The topological polar surface area (TPSA) is 72.7 Å². The van der Waals surface area contributed by atoms with Gasteiger partial charge in [0.15, 0.2) is 0 Å². The summed E-state index contributed by atoms with van der Waals surface area (Å²) < 4.78 is 1.59. The second-order valence-electron chi connectivity index (χ2n) is 6.34. The van der Waals surface area contributed by atoms with Crippen molar-refractivity contribution in [2.45, 2.75) is 46.8 Å². The van der Waals surface area contributed by atoms with Gasteiger partial charge in [-0.25, -0.2) is 9.97 Å². The Balaban J connectivity index is 2.15. The molecule has 0 aromatic carbocycles. The highest BCUT2D eigenvalue weighted by Crippen LogP contribution is 2.20. The number of anilines is 1. The average Bonchev–Trinajstić information content (AvgIpc) is 2.84. The molecule has 1 atom stereocenters. The van der Waals surface area contributed by atoms with E-state index in [9.17, 15) is 4.79 Å². The van der Waals surface area contributed by atoms with E-state index < -0.39 is 0 Å². The van der Waals surface area contributed by atoms with E-state index in [1.54, 1.807) is 16.4 Å². The number of nitrogens with zero attached hydrogens (tertiary/aromatic N) is 4. The number of thioether (sulfide) groups is 1. The second-order valence-corrected chi connectivity index (χ2v) is 7.71. The number of rotatable bonds is 6. The number of carbonyl (C=O) groups excluding carboxylic acids is 1. The molecule has 2 aromatic heterocycles. The maximum atomic E-state index is 12.3. The Hall–Kier alpha value is -1.89. The Morgan fingerprint density at radius 1 is 1.12 bits per heavy atom. The zero-order valence-corrected chi connectivity index (χ0v) is 15.9. The largest absolute Gasteiger partial charge is 0.310 e. The van der Waals surface area contributed by atoms with Gasteiger partial charge in [0, 0.05) is 22.7 Å². The number of amides is 1. The van der Waals surface area contributed by atoms with Gasteiger partial charge in [-0.1, -0.05) is 20.8 Å². The number of hydrogen-bond donors (Lipinski definition) is 1. The average molecular weight is 347 g/mol. The molecule has 2 heterocycles. The SMILES string of the molecule is Cc1cc(C)nc(-n2nc(C)cc2NC(=O)CS[C@H](C)C(C)C)n1. The third kappa shape index (κ3) is 4.80. The first kappa shape index (κ1) is 18.4. The van der Waals surface area contributed by atoms with Crippen LogP contribution in [0.1, 0.15) is 37.9 Å². The van der Waals surface area contributed by atoms with Crippen molar-refractivity contribution in [2.75, 3.05) is 11.1 Å². The zero-order valence-electron chi connectivity index (χ0n) is 15.1. The van der Waals surface area contributed by atoms with Crippen molar-refractivity contribution >= 4 is 23.5 Å². The summed E-state index contributed by atoms with van der Waals surface area (Å²) in [6.07, 6.45) is 0. The Bertz CT molecular complexity index is 706. The molecule has 1 N–H and O–H groups in total. The highest BCUT2D eigenvalue weighted by atomic mass is 32.2. The predicted molar refractivity (Wildman–Crippen MR) is 98.8 cm³/mol. The van der Waals surface area contributed by atoms with Gasteiger partial charge in [-0.05, 0) is 32.8 Å². The summed E-state index contributed by atoms with van der Waals surface area (Å²) in [6.45, 7) is 12.2. The summed E-state index contributed by atoms with van der Waals surface area (Å²) in [5.74, 6) is 1.98. The minimum absolute atomic E-state index is 0.0435. The predicted octanol–water partition coefficient (Wildman–Crippen LogP) is 3.30. The first-order valence-electron chi connectivity index (χ1n) is 8.07. The molecular weight excluding hydrogens is 322 g/mol. The van der Waals surface area contributed by atoms with Gasteiger partial charge < -0.3 is 5.32 Å². The fourth-order valence-corrected chi connectivity index (χ4v) is 2.99. The van der Waals surface area contributed by atoms with E-state index in [2.05, 4.69) is 41.2 Å². The van der Waals surface area contributed by atoms with Crippen LogP contribution in [0.3, 0.4) is 0 Å². The highest BCUT2D eigenvalue weighted by molar-refractivity contribution is 8.00. The van der Waals surface area contributed by atoms with Crippen molar-refractivity contribution in [2.24, 2.45) is 5.92 Å². The van der Waals surface area contributed by atoms with Gasteiger partial charge in [0.05, 0.1) is 11.4 Å². The zero-order chi connectivity index (χ0) is 17.9. The fraction of sp³-hybridized carbons (Fsp3) is 0.529. The molecule has 24 heavy (non-hydrogen) atoms. The smallest absolute Gasteiger partial charge is 0.252 e. The fourth-order valence-electron chi connectivity index (χ4n) is 2.12. The van der Waals surface area contributed by atoms with Crippen LogP contribution in [-0.2, 0) is 4.79 Å². The molecule has 0 spiro atoms. The number of hydrogen-bond acceptors (Lipinski definition) is 5. The number of carbonyl (C=O) groups is 1. The normalized spacial score (nSPS) is 12.5. The molecule has 0 bridgehead atoms. The van der Waals surface area contributed by atoms with Crippen LogP contribution >= 0.6 is 11.8 Å². The maximum Gasteiger partial charge on any atom is 0.252 e. The maximum absolute atomic E-state index is 12.3. The molecule has 0 fully saturated rings. The molecule has 0 aliphatic carbocycles. The van der Waals surface area contributed by atoms with Crippen LogP contribution in [0.25, 0.3) is 5.95 Å². The standard InChI is InChI=1S/C17H25N5OS/c1-10(2)14(6)24-9-16(23)20-15-8-13(5)21-22(15)17-18-11(3)7-12(4)19-17/h7-8,10,14H,9H2,1-6H3,(H,20,23)/t14-/m1/s1. The van der Waals surface area contributed by atoms with Crippen molar-refractivity contribution in [3.63, 3.8) is 0 Å². The molecule has 6 nitrogen and oxygen atoms in total. The molecule has 130 valence electrons. The Morgan fingerprint density at radius 2 is 1.75 bits per heavy atom. The lowest BCUT2D eigenvalue weighted by atomic mass is 10.2. The molecule has 2 rings (SSSR count). The van der Waals surface area contributed by atoms with Crippen molar-refractivity contribution in [3.8, 4) is 5.95 Å². The van der Waals surface area contributed by atoms with Gasteiger partial charge in [0.25, 0.3) is 5.95 Å². The van der Waals surface area contributed by atoms with Crippen molar-refractivity contribution in [1.29, 1.82) is 0 Å². The minimum atomic E-state index is -0.0435. The van der Waals surface area contributed by atoms with Gasteiger partial charge in [0.2, 0.25) is 5.91 Å². The van der Waals surface area contributed by atoms with Gasteiger partial charge >= 0.3 is 0 Å². The van der Waals surface area contributed by atoms with E-state index in [1.807, 2.05) is 32.9 Å². The van der Waals surface area contributed by atoms with Gasteiger partial charge in [0.1, 0.15) is 5.82 Å².